The highest BCUT2D eigenvalue weighted by atomic mass is 32.1. The molecule has 0 saturated carbocycles. The number of aliphatic hydroxyl groups excluding tert-OH is 1. The van der Waals surface area contributed by atoms with Gasteiger partial charge < -0.3 is 9.84 Å². The lowest BCUT2D eigenvalue weighted by Gasteiger charge is -2.22. The molecule has 3 aromatic carbocycles. The van der Waals surface area contributed by atoms with E-state index >= 15 is 0 Å². The lowest BCUT2D eigenvalue weighted by atomic mass is 9.94. The Morgan fingerprint density at radius 1 is 1.15 bits per heavy atom. The molecule has 0 unspecified atom stereocenters. The van der Waals surface area contributed by atoms with Crippen LogP contribution >= 0.6 is 11.3 Å². The van der Waals surface area contributed by atoms with Crippen LogP contribution in [-0.2, 0) is 16.0 Å². The van der Waals surface area contributed by atoms with Crippen LogP contribution in [0.4, 0.5) is 10.8 Å². The second-order valence-electron chi connectivity index (χ2n) is 9.90. The third-order valence-electron chi connectivity index (χ3n) is 7.04. The number of rotatable bonds is 4. The third-order valence-corrected chi connectivity index (χ3v) is 8.04. The molecule has 1 aromatic heterocycles. The first-order valence-electron chi connectivity index (χ1n) is 12.4. The van der Waals surface area contributed by atoms with Gasteiger partial charge in [0.05, 0.1) is 26.8 Å². The Morgan fingerprint density at radius 2 is 1.95 bits per heavy atom. The number of aliphatic hydroxyl groups is 1. The second-order valence-corrected chi connectivity index (χ2v) is 10.9. The Kier molecular flexibility index (Phi) is 5.72. The molecule has 9 nitrogen and oxygen atoms in total. The minimum Gasteiger partial charge on any atom is -0.507 e. The number of thiazole rings is 1. The molecule has 6 rings (SSSR count). The topological polar surface area (TPSA) is 123 Å². The number of nitro groups is 1. The smallest absolute Gasteiger partial charge is 0.301 e. The number of amides is 1. The van der Waals surface area contributed by atoms with Crippen molar-refractivity contribution in [2.24, 2.45) is 0 Å². The Balaban J connectivity index is 1.57. The van der Waals surface area contributed by atoms with E-state index in [1.165, 1.54) is 34.4 Å². The van der Waals surface area contributed by atoms with Crippen molar-refractivity contribution in [3.63, 3.8) is 0 Å². The maximum absolute atomic E-state index is 13.6. The Hall–Kier alpha value is -4.57. The Labute approximate surface area is 227 Å². The summed E-state index contributed by atoms with van der Waals surface area (Å²) < 4.78 is 6.60. The molecule has 3 heterocycles. The molecule has 39 heavy (non-hydrogen) atoms. The van der Waals surface area contributed by atoms with Crippen LogP contribution in [0.2, 0.25) is 0 Å². The van der Waals surface area contributed by atoms with E-state index in [-0.39, 0.29) is 28.3 Å². The van der Waals surface area contributed by atoms with E-state index in [1.807, 2.05) is 32.9 Å². The first-order chi connectivity index (χ1) is 18.6. The fourth-order valence-electron chi connectivity index (χ4n) is 5.34. The normalized spacial score (nSPS) is 19.9. The molecular weight excluding hydrogens is 518 g/mol. The Morgan fingerprint density at radius 3 is 2.72 bits per heavy atom. The Bertz CT molecular complexity index is 1760. The molecule has 196 valence electrons. The highest BCUT2D eigenvalue weighted by molar-refractivity contribution is 7.22. The maximum Gasteiger partial charge on any atom is 0.301 e. The molecule has 0 aliphatic carbocycles. The highest BCUT2D eigenvalue weighted by Gasteiger charge is 2.48. The number of benzene rings is 3. The molecule has 2 atom stereocenters. The molecular formula is C29H23N3O6S. The van der Waals surface area contributed by atoms with Gasteiger partial charge in [0, 0.05) is 24.1 Å². The summed E-state index contributed by atoms with van der Waals surface area (Å²) >= 11 is 1.25. The number of aromatic nitrogens is 1. The highest BCUT2D eigenvalue weighted by Crippen LogP contribution is 2.45. The number of aryl methyl sites for hydroxylation is 2. The molecule has 1 fully saturated rings. The van der Waals surface area contributed by atoms with Gasteiger partial charge in [0.15, 0.2) is 5.13 Å². The largest absolute Gasteiger partial charge is 0.507 e. The molecule has 0 spiro atoms. The second kappa shape index (κ2) is 9.02. The van der Waals surface area contributed by atoms with E-state index in [0.717, 1.165) is 21.4 Å². The number of hydrogen-bond acceptors (Lipinski definition) is 8. The number of Topliss-reactive ketones (excluding diaryl/α,β-unsaturated/α-hetero) is 1. The molecule has 4 aromatic rings. The van der Waals surface area contributed by atoms with Crippen LogP contribution in [0.15, 0.2) is 60.2 Å². The van der Waals surface area contributed by atoms with Crippen LogP contribution in [0.3, 0.4) is 0 Å². The van der Waals surface area contributed by atoms with Crippen molar-refractivity contribution in [1.82, 2.24) is 4.98 Å². The number of carbonyl (C=O) groups excluding carboxylic acids is 2. The number of ketones is 1. The number of nitro benzene ring substituents is 1. The average molecular weight is 542 g/mol. The summed E-state index contributed by atoms with van der Waals surface area (Å²) in [5.74, 6) is -1.40. The third kappa shape index (κ3) is 4.04. The summed E-state index contributed by atoms with van der Waals surface area (Å²) in [4.78, 5) is 44.1. The van der Waals surface area contributed by atoms with E-state index in [9.17, 15) is 24.8 Å². The number of hydrogen-bond donors (Lipinski definition) is 1. The van der Waals surface area contributed by atoms with Gasteiger partial charge in [-0.1, -0.05) is 29.5 Å². The van der Waals surface area contributed by atoms with E-state index in [1.54, 1.807) is 24.3 Å². The number of nitrogens with zero attached hydrogens (tertiary/aromatic N) is 3. The predicted octanol–water partition coefficient (Wildman–Crippen LogP) is 5.77. The van der Waals surface area contributed by atoms with Gasteiger partial charge in [-0.2, -0.15) is 0 Å². The molecule has 10 heteroatoms. The number of carbonyl (C=O) groups is 2. The number of fused-ring (bicyclic) bond motifs is 2. The van der Waals surface area contributed by atoms with Gasteiger partial charge in [0.1, 0.15) is 17.6 Å². The zero-order valence-electron chi connectivity index (χ0n) is 21.3. The van der Waals surface area contributed by atoms with Crippen molar-refractivity contribution in [3.8, 4) is 5.75 Å². The zero-order chi connectivity index (χ0) is 27.6. The number of anilines is 1. The summed E-state index contributed by atoms with van der Waals surface area (Å²) in [5.41, 5.74) is 3.86. The van der Waals surface area contributed by atoms with Crippen molar-refractivity contribution >= 4 is 49.8 Å². The summed E-state index contributed by atoms with van der Waals surface area (Å²) in [6.07, 6.45) is 0.628. The van der Waals surface area contributed by atoms with Crippen LogP contribution in [0, 0.1) is 24.0 Å². The monoisotopic (exact) mass is 541 g/mol. The molecule has 2 aliphatic heterocycles. The van der Waals surface area contributed by atoms with E-state index in [2.05, 4.69) is 0 Å². The summed E-state index contributed by atoms with van der Waals surface area (Å²) in [7, 11) is 0. The van der Waals surface area contributed by atoms with Gasteiger partial charge in [0.2, 0.25) is 0 Å². The van der Waals surface area contributed by atoms with Crippen LogP contribution < -0.4 is 9.64 Å². The van der Waals surface area contributed by atoms with Gasteiger partial charge in [0.25, 0.3) is 11.5 Å². The first-order valence-corrected chi connectivity index (χ1v) is 13.2. The van der Waals surface area contributed by atoms with Crippen molar-refractivity contribution in [1.29, 1.82) is 0 Å². The molecule has 0 bridgehead atoms. The summed E-state index contributed by atoms with van der Waals surface area (Å²) in [6, 6.07) is 13.7. The fourth-order valence-corrected chi connectivity index (χ4v) is 6.51. The van der Waals surface area contributed by atoms with Crippen LogP contribution in [0.1, 0.15) is 40.8 Å². The van der Waals surface area contributed by atoms with E-state index < -0.39 is 22.7 Å². The summed E-state index contributed by atoms with van der Waals surface area (Å²) in [6.45, 7) is 5.82. The van der Waals surface area contributed by atoms with E-state index in [0.29, 0.717) is 28.8 Å². The SMILES string of the molecule is Cc1cc(C)c2nc(N3C(=O)C(=O)/C(=C(/O)c4ccc5c(c4)C[C@@H](C)O5)[C@@H]3c3cccc([N+](=O)[O-])c3)sc2c1. The standard InChI is InChI=1S/C29H23N3O6S/c1-14-9-15(2)24-22(10-14)39-29(30-24)31-25(17-5-4-6-20(13-17)32(36)37)23(27(34)28(31)35)26(33)18-7-8-21-19(12-18)11-16(3)38-21/h4-10,12-13,16,25,33H,11H2,1-3H3/b26-23+/t16-,25+/m1/s1. The van der Waals surface area contributed by atoms with Crippen molar-refractivity contribution in [3.05, 3.63) is 98.1 Å². The quantitative estimate of drug-likeness (QED) is 0.114. The molecule has 0 radical (unpaired) electrons. The number of ether oxygens (including phenoxy) is 1. The lowest BCUT2D eigenvalue weighted by Crippen LogP contribution is -2.29. The molecule has 1 amide bonds. The average Bonchev–Trinajstić information content (AvgIpc) is 3.56. The molecule has 1 saturated heterocycles. The van der Waals surface area contributed by atoms with E-state index in [4.69, 9.17) is 9.72 Å². The van der Waals surface area contributed by atoms with Crippen molar-refractivity contribution in [2.45, 2.75) is 39.3 Å². The maximum atomic E-state index is 13.6. The predicted molar refractivity (Wildman–Crippen MR) is 147 cm³/mol. The number of non-ortho nitro benzene ring substituents is 1. The molecule has 1 N–H and O–H groups in total. The fraction of sp³-hybridized carbons (Fsp3) is 0.207. The minimum absolute atomic E-state index is 0.0148. The van der Waals surface area contributed by atoms with Gasteiger partial charge in [-0.05, 0) is 67.3 Å². The molecule has 2 aliphatic rings. The first kappa shape index (κ1) is 24.7. The van der Waals surface area contributed by atoms with Gasteiger partial charge in [-0.25, -0.2) is 4.98 Å². The van der Waals surface area contributed by atoms with Gasteiger partial charge >= 0.3 is 5.91 Å². The van der Waals surface area contributed by atoms with Crippen LogP contribution in [0.25, 0.3) is 16.0 Å². The lowest BCUT2D eigenvalue weighted by molar-refractivity contribution is -0.384. The zero-order valence-corrected chi connectivity index (χ0v) is 22.1. The summed E-state index contributed by atoms with van der Waals surface area (Å²) in [5, 5.41) is 23.3. The van der Waals surface area contributed by atoms with Gasteiger partial charge in [-0.15, -0.1) is 0 Å². The van der Waals surface area contributed by atoms with Gasteiger partial charge in [-0.3, -0.25) is 24.6 Å². The van der Waals surface area contributed by atoms with Crippen LogP contribution in [-0.4, -0.2) is 32.8 Å². The van der Waals surface area contributed by atoms with Crippen molar-refractivity contribution in [2.75, 3.05) is 4.90 Å². The van der Waals surface area contributed by atoms with Crippen molar-refractivity contribution < 1.29 is 24.4 Å². The van der Waals surface area contributed by atoms with Crippen LogP contribution in [0.5, 0.6) is 5.75 Å². The minimum atomic E-state index is -1.12.